The molecule has 0 heterocycles. The second-order valence-electron chi connectivity index (χ2n) is 6.77. The number of allylic oxidation sites excluding steroid dienone is 9. The molecule has 2 atom stereocenters. The second kappa shape index (κ2) is 14.4. The van der Waals surface area contributed by atoms with Crippen molar-refractivity contribution in [2.75, 3.05) is 0 Å². The van der Waals surface area contributed by atoms with Gasteiger partial charge < -0.3 is 4.74 Å². The molecule has 0 N–H and O–H groups in total. The Kier molecular flexibility index (Phi) is 13.0. The highest BCUT2D eigenvalue weighted by Crippen LogP contribution is 2.22. The summed E-state index contributed by atoms with van der Waals surface area (Å²) in [6, 6.07) is 1.69. The molecule has 0 bridgehead atoms. The lowest BCUT2D eigenvalue weighted by molar-refractivity contribution is -0.133. The maximum Gasteiger partial charge on any atom is 0.336 e. The van der Waals surface area contributed by atoms with Crippen molar-refractivity contribution in [3.8, 4) is 6.07 Å². The van der Waals surface area contributed by atoms with Crippen molar-refractivity contribution in [2.45, 2.75) is 53.9 Å². The van der Waals surface area contributed by atoms with Crippen molar-refractivity contribution in [2.24, 2.45) is 11.8 Å². The van der Waals surface area contributed by atoms with Crippen molar-refractivity contribution in [3.63, 3.8) is 0 Å². The molecular formula is C24H32FNO2. The number of carbonyl (C=O) groups excluding carboxylic acids is 1. The molecular weight excluding hydrogens is 353 g/mol. The first-order chi connectivity index (χ1) is 13.3. The summed E-state index contributed by atoms with van der Waals surface area (Å²) >= 11 is 0. The molecule has 0 aliphatic heterocycles. The van der Waals surface area contributed by atoms with Gasteiger partial charge in [-0.1, -0.05) is 64.5 Å². The molecule has 0 radical (unpaired) electrons. The van der Waals surface area contributed by atoms with E-state index in [0.29, 0.717) is 11.8 Å². The largest absolute Gasteiger partial charge is 0.423 e. The van der Waals surface area contributed by atoms with E-state index in [1.807, 2.05) is 25.2 Å². The normalized spacial score (nSPS) is 15.9. The summed E-state index contributed by atoms with van der Waals surface area (Å²) in [6.45, 7) is 13.4. The Hall–Kier alpha value is -2.67. The van der Waals surface area contributed by atoms with Crippen molar-refractivity contribution in [3.05, 3.63) is 71.8 Å². The highest BCUT2D eigenvalue weighted by atomic mass is 19.1. The first-order valence-electron chi connectivity index (χ1n) is 9.62. The van der Waals surface area contributed by atoms with Gasteiger partial charge in [-0.2, -0.15) is 5.26 Å². The predicted octanol–water partition coefficient (Wildman–Crippen LogP) is 6.89. The topological polar surface area (TPSA) is 50.1 Å². The number of esters is 1. The molecule has 0 aromatic heterocycles. The van der Waals surface area contributed by atoms with E-state index in [-0.39, 0.29) is 11.3 Å². The molecule has 0 aromatic rings. The summed E-state index contributed by atoms with van der Waals surface area (Å²) in [4.78, 5) is 11.9. The molecule has 0 spiro atoms. The number of rotatable bonds is 11. The number of ether oxygens (including phenoxy) is 1. The molecule has 0 amide bonds. The monoisotopic (exact) mass is 385 g/mol. The van der Waals surface area contributed by atoms with E-state index in [2.05, 4.69) is 27.4 Å². The zero-order valence-corrected chi connectivity index (χ0v) is 17.7. The standard InChI is InChI=1S/C24H32FNO2/c1-7-11-21(19(5)15-14-18(4)8-2)12-10-13-24(27)28-22(9-3)16-23(25)20(6)17-26/h7,9-13,16,18-19H,3,8,14-15H2,1-2,4-6H3/b11-7-,13-10+,21-12+,22-16-,23-20-. The molecule has 2 unspecified atom stereocenters. The minimum Gasteiger partial charge on any atom is -0.423 e. The van der Waals surface area contributed by atoms with Gasteiger partial charge in [0.15, 0.2) is 0 Å². The van der Waals surface area contributed by atoms with Gasteiger partial charge in [-0.05, 0) is 43.8 Å². The lowest BCUT2D eigenvalue weighted by atomic mass is 9.90. The van der Waals surface area contributed by atoms with Gasteiger partial charge in [0.2, 0.25) is 0 Å². The van der Waals surface area contributed by atoms with Crippen molar-refractivity contribution in [1.29, 1.82) is 5.26 Å². The van der Waals surface area contributed by atoms with Crippen LogP contribution < -0.4 is 0 Å². The first kappa shape index (κ1) is 25.3. The molecule has 0 aliphatic carbocycles. The highest BCUT2D eigenvalue weighted by molar-refractivity contribution is 5.83. The summed E-state index contributed by atoms with van der Waals surface area (Å²) in [6.07, 6.45) is 14.4. The van der Waals surface area contributed by atoms with Gasteiger partial charge in [0.25, 0.3) is 0 Å². The zero-order valence-electron chi connectivity index (χ0n) is 17.7. The van der Waals surface area contributed by atoms with Gasteiger partial charge in [-0.15, -0.1) is 0 Å². The van der Waals surface area contributed by atoms with E-state index >= 15 is 0 Å². The van der Waals surface area contributed by atoms with Gasteiger partial charge in [0, 0.05) is 12.2 Å². The molecule has 3 nitrogen and oxygen atoms in total. The summed E-state index contributed by atoms with van der Waals surface area (Å²) in [7, 11) is 0. The fourth-order valence-corrected chi connectivity index (χ4v) is 2.29. The van der Waals surface area contributed by atoms with E-state index in [1.54, 1.807) is 12.1 Å². The smallest absolute Gasteiger partial charge is 0.336 e. The van der Waals surface area contributed by atoms with Crippen molar-refractivity contribution < 1.29 is 13.9 Å². The fraction of sp³-hybridized carbons (Fsp3) is 0.417. The van der Waals surface area contributed by atoms with Crippen LogP contribution in [-0.2, 0) is 9.53 Å². The maximum absolute atomic E-state index is 13.7. The van der Waals surface area contributed by atoms with Crippen LogP contribution in [0.3, 0.4) is 0 Å². The summed E-state index contributed by atoms with van der Waals surface area (Å²) in [5.41, 5.74) is 1.03. The van der Waals surface area contributed by atoms with Crippen molar-refractivity contribution >= 4 is 5.97 Å². The van der Waals surface area contributed by atoms with E-state index in [4.69, 9.17) is 10.00 Å². The lowest BCUT2D eigenvalue weighted by Gasteiger charge is -2.15. The highest BCUT2D eigenvalue weighted by Gasteiger charge is 2.08. The lowest BCUT2D eigenvalue weighted by Crippen LogP contribution is -2.02. The van der Waals surface area contributed by atoms with E-state index in [9.17, 15) is 9.18 Å². The van der Waals surface area contributed by atoms with Crippen LogP contribution in [0, 0.1) is 23.2 Å². The predicted molar refractivity (Wildman–Crippen MR) is 114 cm³/mol. The molecule has 0 rings (SSSR count). The van der Waals surface area contributed by atoms with Gasteiger partial charge in [0.05, 0.1) is 11.6 Å². The Morgan fingerprint density at radius 3 is 2.50 bits per heavy atom. The molecule has 0 saturated carbocycles. The number of nitrogens with zero attached hydrogens (tertiary/aromatic N) is 1. The SMILES string of the molecule is C=C/C(=C/C(F)=C(\C)C#N)OC(=O)/C=C/C=C(\C=C/C)C(C)CCC(C)CC. The van der Waals surface area contributed by atoms with Crippen LogP contribution in [0.5, 0.6) is 0 Å². The minimum absolute atomic E-state index is 0.0543. The number of carbonyl (C=O) groups is 1. The van der Waals surface area contributed by atoms with E-state index in [0.717, 1.165) is 24.5 Å². The Morgan fingerprint density at radius 2 is 1.96 bits per heavy atom. The van der Waals surface area contributed by atoms with E-state index in [1.165, 1.54) is 25.5 Å². The van der Waals surface area contributed by atoms with Crippen LogP contribution in [0.25, 0.3) is 0 Å². The Balaban J connectivity index is 5.10. The fourth-order valence-electron chi connectivity index (χ4n) is 2.29. The van der Waals surface area contributed by atoms with Gasteiger partial charge in [0.1, 0.15) is 11.6 Å². The molecule has 0 aliphatic rings. The minimum atomic E-state index is -0.764. The molecule has 0 aromatic carbocycles. The van der Waals surface area contributed by atoms with Crippen LogP contribution in [0.15, 0.2) is 71.8 Å². The Morgan fingerprint density at radius 1 is 1.29 bits per heavy atom. The average molecular weight is 386 g/mol. The number of hydrogen-bond acceptors (Lipinski definition) is 3. The van der Waals surface area contributed by atoms with Crippen LogP contribution in [0.4, 0.5) is 4.39 Å². The van der Waals surface area contributed by atoms with Gasteiger partial charge in [-0.25, -0.2) is 9.18 Å². The number of hydrogen-bond donors (Lipinski definition) is 0. The van der Waals surface area contributed by atoms with Crippen LogP contribution >= 0.6 is 0 Å². The maximum atomic E-state index is 13.7. The molecule has 28 heavy (non-hydrogen) atoms. The zero-order chi connectivity index (χ0) is 21.5. The summed E-state index contributed by atoms with van der Waals surface area (Å²) in [5.74, 6) is -0.386. The molecule has 152 valence electrons. The quantitative estimate of drug-likeness (QED) is 0.128. The first-order valence-corrected chi connectivity index (χ1v) is 9.62. The number of halogens is 1. The third-order valence-corrected chi connectivity index (χ3v) is 4.45. The second-order valence-corrected chi connectivity index (χ2v) is 6.77. The average Bonchev–Trinajstić information content (AvgIpc) is 2.69. The molecule has 0 saturated heterocycles. The van der Waals surface area contributed by atoms with Crippen LogP contribution in [0.2, 0.25) is 0 Å². The third kappa shape index (κ3) is 10.5. The Labute approximate surface area is 169 Å². The van der Waals surface area contributed by atoms with Gasteiger partial charge in [-0.3, -0.25) is 0 Å². The summed E-state index contributed by atoms with van der Waals surface area (Å²) in [5, 5.41) is 8.68. The van der Waals surface area contributed by atoms with Crippen LogP contribution in [-0.4, -0.2) is 5.97 Å². The third-order valence-electron chi connectivity index (χ3n) is 4.45. The molecule has 0 fully saturated rings. The van der Waals surface area contributed by atoms with Crippen molar-refractivity contribution in [1.82, 2.24) is 0 Å². The van der Waals surface area contributed by atoms with E-state index < -0.39 is 11.8 Å². The number of nitriles is 1. The van der Waals surface area contributed by atoms with Gasteiger partial charge >= 0.3 is 5.97 Å². The Bertz CT molecular complexity index is 717. The molecule has 4 heteroatoms. The van der Waals surface area contributed by atoms with Crippen LogP contribution in [0.1, 0.15) is 53.9 Å². The summed E-state index contributed by atoms with van der Waals surface area (Å²) < 4.78 is 18.7.